The topological polar surface area (TPSA) is 49.3 Å². The summed E-state index contributed by atoms with van der Waals surface area (Å²) in [6.45, 7) is 5.81. The third kappa shape index (κ3) is 4.09. The lowest BCUT2D eigenvalue weighted by Crippen LogP contribution is -2.31. The Morgan fingerprint density at radius 3 is 2.82 bits per heavy atom. The van der Waals surface area contributed by atoms with Gasteiger partial charge in [-0.3, -0.25) is 4.90 Å². The average Bonchev–Trinajstić information content (AvgIpc) is 3.33. The molecule has 0 saturated heterocycles. The SMILES string of the molecule is CCN1CCc2c(sc(-n3cccc3)c2CNC(=O)Nc2cccc(Cl)c2)C1. The highest BCUT2D eigenvalue weighted by atomic mass is 35.5. The number of thiophene rings is 1. The summed E-state index contributed by atoms with van der Waals surface area (Å²) in [5.74, 6) is 0. The second-order valence-corrected chi connectivity index (χ2v) is 8.33. The molecule has 0 saturated carbocycles. The van der Waals surface area contributed by atoms with Crippen molar-refractivity contribution in [3.05, 3.63) is 69.8 Å². The Kier molecular flexibility index (Phi) is 5.71. The fourth-order valence-electron chi connectivity index (χ4n) is 3.55. The molecule has 0 aliphatic carbocycles. The molecule has 3 heterocycles. The minimum atomic E-state index is -0.230. The van der Waals surface area contributed by atoms with Crippen LogP contribution in [-0.4, -0.2) is 28.6 Å². The van der Waals surface area contributed by atoms with E-state index in [-0.39, 0.29) is 6.03 Å². The monoisotopic (exact) mass is 414 g/mol. The molecule has 2 aromatic heterocycles. The van der Waals surface area contributed by atoms with E-state index >= 15 is 0 Å². The van der Waals surface area contributed by atoms with E-state index in [9.17, 15) is 4.79 Å². The van der Waals surface area contributed by atoms with Crippen molar-refractivity contribution in [2.75, 3.05) is 18.4 Å². The van der Waals surface area contributed by atoms with Crippen molar-refractivity contribution in [3.63, 3.8) is 0 Å². The number of halogens is 1. The van der Waals surface area contributed by atoms with Gasteiger partial charge >= 0.3 is 6.03 Å². The highest BCUT2D eigenvalue weighted by Crippen LogP contribution is 2.35. The summed E-state index contributed by atoms with van der Waals surface area (Å²) in [4.78, 5) is 16.3. The van der Waals surface area contributed by atoms with E-state index in [1.54, 1.807) is 12.1 Å². The van der Waals surface area contributed by atoms with Crippen LogP contribution in [0.4, 0.5) is 10.5 Å². The molecule has 3 aromatic rings. The molecule has 0 bridgehead atoms. The van der Waals surface area contributed by atoms with Gasteiger partial charge in [0.25, 0.3) is 0 Å². The lowest BCUT2D eigenvalue weighted by Gasteiger charge is -2.25. The average molecular weight is 415 g/mol. The first kappa shape index (κ1) is 19.1. The van der Waals surface area contributed by atoms with Gasteiger partial charge in [0.15, 0.2) is 0 Å². The molecule has 2 N–H and O–H groups in total. The molecular weight excluding hydrogens is 392 g/mol. The zero-order chi connectivity index (χ0) is 19.5. The summed E-state index contributed by atoms with van der Waals surface area (Å²) in [7, 11) is 0. The number of amides is 2. The van der Waals surface area contributed by atoms with Crippen LogP contribution >= 0.6 is 22.9 Å². The van der Waals surface area contributed by atoms with Crippen molar-refractivity contribution in [1.29, 1.82) is 0 Å². The Bertz CT molecular complexity index is 967. The fourth-order valence-corrected chi connectivity index (χ4v) is 5.11. The Labute approximate surface area is 173 Å². The standard InChI is InChI=1S/C21H23ClN4OS/c1-2-25-11-8-17-18(20(28-19(17)14-25)26-9-3-4-10-26)13-23-21(27)24-16-7-5-6-15(22)12-16/h3-7,9-10,12H,2,8,11,13-14H2,1H3,(H2,23,24,27). The van der Waals surface area contributed by atoms with Crippen LogP contribution in [0.1, 0.15) is 22.9 Å². The van der Waals surface area contributed by atoms with Crippen LogP contribution in [0.5, 0.6) is 0 Å². The lowest BCUT2D eigenvalue weighted by molar-refractivity contribution is 0.251. The minimum Gasteiger partial charge on any atom is -0.334 e. The molecular formula is C21H23ClN4OS. The maximum Gasteiger partial charge on any atom is 0.319 e. The van der Waals surface area contributed by atoms with Gasteiger partial charge in [-0.15, -0.1) is 11.3 Å². The molecule has 0 spiro atoms. The number of benzene rings is 1. The first-order valence-corrected chi connectivity index (χ1v) is 10.6. The predicted octanol–water partition coefficient (Wildman–Crippen LogP) is 4.89. The second-order valence-electron chi connectivity index (χ2n) is 6.81. The molecule has 0 fully saturated rings. The molecule has 0 atom stereocenters. The quantitative estimate of drug-likeness (QED) is 0.624. The molecule has 2 amide bonds. The number of carbonyl (C=O) groups excluding carboxylic acids is 1. The molecule has 1 aliphatic heterocycles. The highest BCUT2D eigenvalue weighted by Gasteiger charge is 2.24. The van der Waals surface area contributed by atoms with Crippen LogP contribution in [0.25, 0.3) is 5.00 Å². The Morgan fingerprint density at radius 1 is 1.25 bits per heavy atom. The van der Waals surface area contributed by atoms with Gasteiger partial charge in [-0.1, -0.05) is 24.6 Å². The van der Waals surface area contributed by atoms with Gasteiger partial charge in [-0.2, -0.15) is 0 Å². The number of carbonyl (C=O) groups is 1. The van der Waals surface area contributed by atoms with Gasteiger partial charge in [0, 0.05) is 53.2 Å². The number of likely N-dealkylation sites (N-methyl/N-ethyl adjacent to an activating group) is 1. The molecule has 1 aromatic carbocycles. The van der Waals surface area contributed by atoms with E-state index in [1.807, 2.05) is 35.6 Å². The van der Waals surface area contributed by atoms with Crippen LogP contribution in [0.3, 0.4) is 0 Å². The van der Waals surface area contributed by atoms with E-state index in [0.717, 1.165) is 26.1 Å². The van der Waals surface area contributed by atoms with Crippen LogP contribution < -0.4 is 10.6 Å². The van der Waals surface area contributed by atoms with Crippen molar-refractivity contribution in [3.8, 4) is 5.00 Å². The van der Waals surface area contributed by atoms with Gasteiger partial charge in [-0.05, 0) is 48.9 Å². The second kappa shape index (κ2) is 8.39. The van der Waals surface area contributed by atoms with Crippen molar-refractivity contribution < 1.29 is 4.79 Å². The van der Waals surface area contributed by atoms with Gasteiger partial charge in [-0.25, -0.2) is 4.79 Å². The number of fused-ring (bicyclic) bond motifs is 1. The first-order chi connectivity index (χ1) is 13.6. The maximum absolute atomic E-state index is 12.4. The van der Waals surface area contributed by atoms with E-state index < -0.39 is 0 Å². The van der Waals surface area contributed by atoms with E-state index in [1.165, 1.54) is 21.0 Å². The smallest absolute Gasteiger partial charge is 0.319 e. The number of hydrogen-bond acceptors (Lipinski definition) is 3. The van der Waals surface area contributed by atoms with Crippen LogP contribution in [0, 0.1) is 0 Å². The Hall–Kier alpha value is -2.28. The summed E-state index contributed by atoms with van der Waals surface area (Å²) in [5, 5.41) is 7.65. The Balaban J connectivity index is 1.53. The lowest BCUT2D eigenvalue weighted by atomic mass is 10.0. The maximum atomic E-state index is 12.4. The van der Waals surface area contributed by atoms with Crippen molar-refractivity contribution >= 4 is 34.7 Å². The van der Waals surface area contributed by atoms with Gasteiger partial charge in [0.05, 0.1) is 0 Å². The zero-order valence-corrected chi connectivity index (χ0v) is 17.3. The van der Waals surface area contributed by atoms with E-state index in [2.05, 4.69) is 39.4 Å². The summed E-state index contributed by atoms with van der Waals surface area (Å²) >= 11 is 7.82. The van der Waals surface area contributed by atoms with Gasteiger partial charge < -0.3 is 15.2 Å². The number of nitrogens with zero attached hydrogens (tertiary/aromatic N) is 2. The largest absolute Gasteiger partial charge is 0.334 e. The summed E-state index contributed by atoms with van der Waals surface area (Å²) in [6.07, 6.45) is 5.14. The summed E-state index contributed by atoms with van der Waals surface area (Å²) < 4.78 is 2.14. The highest BCUT2D eigenvalue weighted by molar-refractivity contribution is 7.14. The van der Waals surface area contributed by atoms with Gasteiger partial charge in [0.1, 0.15) is 5.00 Å². The molecule has 1 aliphatic rings. The number of urea groups is 1. The molecule has 146 valence electrons. The third-order valence-corrected chi connectivity index (χ3v) is 6.53. The van der Waals surface area contributed by atoms with Crippen LogP contribution in [-0.2, 0) is 19.5 Å². The van der Waals surface area contributed by atoms with Crippen LogP contribution in [0.15, 0.2) is 48.8 Å². The molecule has 5 nitrogen and oxygen atoms in total. The predicted molar refractivity (Wildman–Crippen MR) is 116 cm³/mol. The van der Waals surface area contributed by atoms with E-state index in [0.29, 0.717) is 17.3 Å². The number of aromatic nitrogens is 1. The van der Waals surface area contributed by atoms with E-state index in [4.69, 9.17) is 11.6 Å². The molecule has 0 radical (unpaired) electrons. The number of nitrogens with one attached hydrogen (secondary N) is 2. The van der Waals surface area contributed by atoms with Crippen LogP contribution in [0.2, 0.25) is 5.02 Å². The number of anilines is 1. The molecule has 28 heavy (non-hydrogen) atoms. The minimum absolute atomic E-state index is 0.230. The fraction of sp³-hybridized carbons (Fsp3) is 0.286. The number of rotatable bonds is 5. The summed E-state index contributed by atoms with van der Waals surface area (Å²) in [5.41, 5.74) is 3.29. The molecule has 7 heteroatoms. The van der Waals surface area contributed by atoms with Crippen molar-refractivity contribution in [2.45, 2.75) is 26.4 Å². The van der Waals surface area contributed by atoms with Crippen molar-refractivity contribution in [1.82, 2.24) is 14.8 Å². The molecule has 0 unspecified atom stereocenters. The zero-order valence-electron chi connectivity index (χ0n) is 15.7. The normalized spacial score (nSPS) is 13.9. The van der Waals surface area contributed by atoms with Crippen molar-refractivity contribution in [2.24, 2.45) is 0 Å². The summed E-state index contributed by atoms with van der Waals surface area (Å²) in [6, 6.07) is 11.0. The third-order valence-electron chi connectivity index (χ3n) is 5.02. The Morgan fingerprint density at radius 2 is 2.07 bits per heavy atom. The van der Waals surface area contributed by atoms with Gasteiger partial charge in [0.2, 0.25) is 0 Å². The molecule has 4 rings (SSSR count). The first-order valence-electron chi connectivity index (χ1n) is 9.43. The number of hydrogen-bond donors (Lipinski definition) is 2.